The van der Waals surface area contributed by atoms with Crippen LogP contribution in [0.15, 0.2) is 42.9 Å². The van der Waals surface area contributed by atoms with Gasteiger partial charge in [0.1, 0.15) is 18.9 Å². The molecule has 0 aliphatic carbocycles. The third kappa shape index (κ3) is 3.21. The molecule has 0 atom stereocenters. The van der Waals surface area contributed by atoms with Crippen LogP contribution in [0.25, 0.3) is 11.0 Å². The molecule has 0 bridgehead atoms. The predicted molar refractivity (Wildman–Crippen MR) is 82.1 cm³/mol. The second-order valence-electron chi connectivity index (χ2n) is 4.70. The van der Waals surface area contributed by atoms with Gasteiger partial charge in [-0.3, -0.25) is 0 Å². The topological polar surface area (TPSA) is 85.1 Å². The molecule has 0 spiro atoms. The van der Waals surface area contributed by atoms with E-state index in [9.17, 15) is 0 Å². The third-order valence-corrected chi connectivity index (χ3v) is 3.19. The highest BCUT2D eigenvalue weighted by atomic mass is 16.5. The van der Waals surface area contributed by atoms with E-state index in [1.54, 1.807) is 10.9 Å². The lowest BCUT2D eigenvalue weighted by molar-refractivity contribution is 0.0439. The van der Waals surface area contributed by atoms with E-state index in [2.05, 4.69) is 32.5 Å². The normalized spacial score (nSPS) is 11.0. The second kappa shape index (κ2) is 6.97. The van der Waals surface area contributed by atoms with Crippen LogP contribution in [-0.2, 0) is 18.0 Å². The zero-order valence-corrected chi connectivity index (χ0v) is 12.0. The number of hydrogen-bond acceptors (Lipinski definition) is 6. The Kier molecular flexibility index (Phi) is 4.57. The SMILES string of the molecule is OCCOCn1ncc2c(NCc3ccccc3)ncnc21. The molecular weight excluding hydrogens is 282 g/mol. The molecule has 2 heterocycles. The Bertz CT molecular complexity index is 729. The summed E-state index contributed by atoms with van der Waals surface area (Å²) in [6.07, 6.45) is 3.21. The first kappa shape index (κ1) is 14.4. The van der Waals surface area contributed by atoms with Crippen LogP contribution < -0.4 is 5.32 Å². The fourth-order valence-corrected chi connectivity index (χ4v) is 2.13. The Morgan fingerprint density at radius 2 is 2.05 bits per heavy atom. The molecule has 7 nitrogen and oxygen atoms in total. The molecule has 1 aromatic carbocycles. The molecule has 0 unspecified atom stereocenters. The van der Waals surface area contributed by atoms with Crippen molar-refractivity contribution in [1.29, 1.82) is 0 Å². The molecule has 0 radical (unpaired) electrons. The quantitative estimate of drug-likeness (QED) is 0.642. The van der Waals surface area contributed by atoms with E-state index in [-0.39, 0.29) is 19.9 Å². The summed E-state index contributed by atoms with van der Waals surface area (Å²) >= 11 is 0. The standard InChI is InChI=1S/C15H17N5O2/c21-6-7-22-11-20-15-13(9-19-20)14(17-10-18-15)16-8-12-4-2-1-3-5-12/h1-5,9-10,21H,6-8,11H2,(H,16,17,18). The molecule has 0 aliphatic heterocycles. The van der Waals surface area contributed by atoms with E-state index in [1.165, 1.54) is 11.9 Å². The van der Waals surface area contributed by atoms with Gasteiger partial charge in [-0.05, 0) is 5.56 Å². The van der Waals surface area contributed by atoms with Crippen molar-refractivity contribution in [2.75, 3.05) is 18.5 Å². The molecular formula is C15H17N5O2. The first-order valence-electron chi connectivity index (χ1n) is 7.01. The smallest absolute Gasteiger partial charge is 0.165 e. The maximum absolute atomic E-state index is 8.74. The minimum absolute atomic E-state index is 0.0158. The van der Waals surface area contributed by atoms with Crippen LogP contribution >= 0.6 is 0 Å². The van der Waals surface area contributed by atoms with Gasteiger partial charge >= 0.3 is 0 Å². The maximum atomic E-state index is 8.74. The second-order valence-corrected chi connectivity index (χ2v) is 4.70. The fraction of sp³-hybridized carbons (Fsp3) is 0.267. The molecule has 0 fully saturated rings. The first-order valence-corrected chi connectivity index (χ1v) is 7.01. The van der Waals surface area contributed by atoms with Crippen molar-refractivity contribution >= 4 is 16.9 Å². The number of aliphatic hydroxyl groups is 1. The van der Waals surface area contributed by atoms with Crippen molar-refractivity contribution in [3.8, 4) is 0 Å². The number of hydrogen-bond donors (Lipinski definition) is 2. The molecule has 0 saturated heterocycles. The molecule has 2 aromatic heterocycles. The molecule has 0 saturated carbocycles. The van der Waals surface area contributed by atoms with Crippen molar-refractivity contribution in [3.63, 3.8) is 0 Å². The van der Waals surface area contributed by atoms with E-state index in [0.717, 1.165) is 11.2 Å². The third-order valence-electron chi connectivity index (χ3n) is 3.19. The van der Waals surface area contributed by atoms with Gasteiger partial charge in [0.15, 0.2) is 5.65 Å². The zero-order chi connectivity index (χ0) is 15.2. The van der Waals surface area contributed by atoms with Crippen LogP contribution in [0.1, 0.15) is 5.56 Å². The average molecular weight is 299 g/mol. The lowest BCUT2D eigenvalue weighted by Gasteiger charge is -2.07. The molecule has 22 heavy (non-hydrogen) atoms. The monoisotopic (exact) mass is 299 g/mol. The minimum Gasteiger partial charge on any atom is -0.394 e. The Labute approximate surface area is 127 Å². The van der Waals surface area contributed by atoms with Crippen LogP contribution in [-0.4, -0.2) is 38.1 Å². The zero-order valence-electron chi connectivity index (χ0n) is 12.0. The number of ether oxygens (including phenoxy) is 1. The largest absolute Gasteiger partial charge is 0.394 e. The highest BCUT2D eigenvalue weighted by Gasteiger charge is 2.09. The molecule has 3 aromatic rings. The number of anilines is 1. The lowest BCUT2D eigenvalue weighted by Crippen LogP contribution is -2.08. The number of rotatable bonds is 7. The van der Waals surface area contributed by atoms with Crippen LogP contribution in [0.3, 0.4) is 0 Å². The van der Waals surface area contributed by atoms with Crippen LogP contribution in [0.5, 0.6) is 0 Å². The Hall–Kier alpha value is -2.51. The Morgan fingerprint density at radius 1 is 1.18 bits per heavy atom. The summed E-state index contributed by atoms with van der Waals surface area (Å²) in [5, 5.41) is 17.1. The van der Waals surface area contributed by atoms with Crippen molar-refractivity contribution in [2.24, 2.45) is 0 Å². The number of fused-ring (bicyclic) bond motifs is 1. The maximum Gasteiger partial charge on any atom is 0.165 e. The van der Waals surface area contributed by atoms with E-state index in [4.69, 9.17) is 9.84 Å². The summed E-state index contributed by atoms with van der Waals surface area (Å²) in [6, 6.07) is 10.1. The molecule has 3 rings (SSSR count). The molecule has 2 N–H and O–H groups in total. The summed E-state index contributed by atoms with van der Waals surface area (Å²) in [7, 11) is 0. The summed E-state index contributed by atoms with van der Waals surface area (Å²) in [5.74, 6) is 0.738. The number of aromatic nitrogens is 4. The van der Waals surface area contributed by atoms with E-state index in [0.29, 0.717) is 12.2 Å². The van der Waals surface area contributed by atoms with Gasteiger partial charge in [-0.15, -0.1) is 0 Å². The fourth-order valence-electron chi connectivity index (χ4n) is 2.13. The van der Waals surface area contributed by atoms with E-state index < -0.39 is 0 Å². The lowest BCUT2D eigenvalue weighted by atomic mass is 10.2. The number of nitrogens with one attached hydrogen (secondary N) is 1. The van der Waals surface area contributed by atoms with Gasteiger partial charge in [0, 0.05) is 6.54 Å². The van der Waals surface area contributed by atoms with Crippen molar-refractivity contribution in [3.05, 3.63) is 48.4 Å². The highest BCUT2D eigenvalue weighted by Crippen LogP contribution is 2.19. The molecule has 0 aliphatic rings. The van der Waals surface area contributed by atoms with Crippen LogP contribution in [0.4, 0.5) is 5.82 Å². The predicted octanol–water partition coefficient (Wildman–Crippen LogP) is 1.40. The number of aliphatic hydroxyl groups excluding tert-OH is 1. The van der Waals surface area contributed by atoms with Crippen molar-refractivity contribution < 1.29 is 9.84 Å². The Morgan fingerprint density at radius 3 is 2.86 bits per heavy atom. The van der Waals surface area contributed by atoms with E-state index in [1.807, 2.05) is 18.2 Å². The van der Waals surface area contributed by atoms with Crippen LogP contribution in [0.2, 0.25) is 0 Å². The number of benzene rings is 1. The van der Waals surface area contributed by atoms with Gasteiger partial charge < -0.3 is 15.2 Å². The van der Waals surface area contributed by atoms with Gasteiger partial charge in [-0.1, -0.05) is 30.3 Å². The van der Waals surface area contributed by atoms with Crippen LogP contribution in [0, 0.1) is 0 Å². The summed E-state index contributed by atoms with van der Waals surface area (Å²) < 4.78 is 6.91. The molecule has 114 valence electrons. The minimum atomic E-state index is -0.0158. The molecule has 7 heteroatoms. The van der Waals surface area contributed by atoms with Gasteiger partial charge in [-0.25, -0.2) is 14.6 Å². The Balaban J connectivity index is 1.76. The molecule has 0 amide bonds. The van der Waals surface area contributed by atoms with E-state index >= 15 is 0 Å². The first-order chi connectivity index (χ1) is 10.9. The summed E-state index contributed by atoms with van der Waals surface area (Å²) in [5.41, 5.74) is 1.87. The van der Waals surface area contributed by atoms with Gasteiger partial charge in [0.2, 0.25) is 0 Å². The van der Waals surface area contributed by atoms with Crippen molar-refractivity contribution in [2.45, 2.75) is 13.3 Å². The summed E-state index contributed by atoms with van der Waals surface area (Å²) in [4.78, 5) is 8.52. The van der Waals surface area contributed by atoms with Crippen molar-refractivity contribution in [1.82, 2.24) is 19.7 Å². The summed E-state index contributed by atoms with van der Waals surface area (Å²) in [6.45, 7) is 1.18. The average Bonchev–Trinajstić information content (AvgIpc) is 2.98. The van der Waals surface area contributed by atoms with Gasteiger partial charge in [-0.2, -0.15) is 5.10 Å². The highest BCUT2D eigenvalue weighted by molar-refractivity contribution is 5.85. The number of nitrogens with zero attached hydrogens (tertiary/aromatic N) is 4. The van der Waals surface area contributed by atoms with Gasteiger partial charge in [0.25, 0.3) is 0 Å². The van der Waals surface area contributed by atoms with Gasteiger partial charge in [0.05, 0.1) is 24.8 Å².